The topological polar surface area (TPSA) is 623 Å². The molecular formula is C40H64N8NaO32. The summed E-state index contributed by atoms with van der Waals surface area (Å²) in [5.41, 5.74) is 0. The maximum atomic E-state index is 10.6. The van der Waals surface area contributed by atoms with Crippen LogP contribution in [0.1, 0.15) is 0 Å². The van der Waals surface area contributed by atoms with Gasteiger partial charge in [0.15, 0.2) is 0 Å². The summed E-state index contributed by atoms with van der Waals surface area (Å²) in [6.07, 6.45) is 0. The van der Waals surface area contributed by atoms with Gasteiger partial charge in [0.05, 0.1) is 105 Å². The van der Waals surface area contributed by atoms with Gasteiger partial charge in [-0.3, -0.25) is 116 Å². The second kappa shape index (κ2) is 47.1. The fourth-order valence-corrected chi connectivity index (χ4v) is 5.90. The first-order valence-electron chi connectivity index (χ1n) is 22.1. The van der Waals surface area contributed by atoms with Crippen molar-refractivity contribution in [3.63, 3.8) is 0 Å². The van der Waals surface area contributed by atoms with Gasteiger partial charge in [-0.2, -0.15) is 0 Å². The van der Waals surface area contributed by atoms with Gasteiger partial charge in [-0.25, -0.2) is 0 Å². The number of rotatable bonds is 44. The largest absolute Gasteiger partial charge is 0.480 e. The summed E-state index contributed by atoms with van der Waals surface area (Å²) in [7, 11) is 0. The van der Waals surface area contributed by atoms with Gasteiger partial charge in [0.1, 0.15) is 0 Å². The van der Waals surface area contributed by atoms with E-state index in [0.717, 1.165) is 39.2 Å². The molecule has 0 bridgehead atoms. The van der Waals surface area contributed by atoms with Crippen LogP contribution < -0.4 is 0 Å². The van der Waals surface area contributed by atoms with E-state index < -0.39 is 200 Å². The Balaban J connectivity index is -0.000000316. The van der Waals surface area contributed by atoms with E-state index in [4.69, 9.17) is 81.7 Å². The van der Waals surface area contributed by atoms with Crippen LogP contribution in [0.5, 0.6) is 0 Å². The average Bonchev–Trinajstić information content (AvgIpc) is 3.23. The van der Waals surface area contributed by atoms with E-state index in [1.165, 1.54) is 0 Å². The van der Waals surface area contributed by atoms with Crippen LogP contribution in [0.3, 0.4) is 0 Å². The number of hydrogen-bond donors (Lipinski definition) is 16. The van der Waals surface area contributed by atoms with Crippen LogP contribution >= 0.6 is 0 Å². The van der Waals surface area contributed by atoms with E-state index in [1.807, 2.05) is 0 Å². The van der Waals surface area contributed by atoms with E-state index in [-0.39, 0.29) is 81.9 Å². The van der Waals surface area contributed by atoms with Gasteiger partial charge in [0, 0.05) is 81.9 Å². The second-order valence-electron chi connectivity index (χ2n) is 16.0. The molecule has 0 heterocycles. The SMILES string of the molecule is O=C(O)CN(CCN(CC(=O)O)CC(=O)O)CC(=O)O.O=C(O)CN(CCN(CC(=O)O)CC(=O)O)CC(=O)O.O=C(O)CN(CCN(CC(=O)O)CC(=O)O)CC(=O)O.O=C(O)CN(CCN(CC(=O)O)CC(=O)O)CC(=O)O.[Na]. The Kier molecular flexibility index (Phi) is 47.7. The molecule has 0 aromatic rings. The summed E-state index contributed by atoms with van der Waals surface area (Å²) in [4.78, 5) is 177. The van der Waals surface area contributed by atoms with Gasteiger partial charge in [0.2, 0.25) is 0 Å². The van der Waals surface area contributed by atoms with Crippen molar-refractivity contribution in [2.24, 2.45) is 0 Å². The van der Waals surface area contributed by atoms with Gasteiger partial charge in [0.25, 0.3) is 0 Å². The number of hydrogen-bond acceptors (Lipinski definition) is 24. The number of nitrogens with zero attached hydrogens (tertiary/aromatic N) is 8. The van der Waals surface area contributed by atoms with Gasteiger partial charge >= 0.3 is 95.5 Å². The third kappa shape index (κ3) is 61.3. The Morgan fingerprint density at radius 3 is 0.235 bits per heavy atom. The van der Waals surface area contributed by atoms with Crippen molar-refractivity contribution in [3.8, 4) is 0 Å². The molecule has 0 saturated carbocycles. The third-order valence-corrected chi connectivity index (χ3v) is 8.67. The fourth-order valence-electron chi connectivity index (χ4n) is 5.90. The number of carboxylic acids is 16. The summed E-state index contributed by atoms with van der Waals surface area (Å²) >= 11 is 0. The average molecular weight is 1190 g/mol. The smallest absolute Gasteiger partial charge is 0.317 e. The number of carbonyl (C=O) groups is 16. The minimum Gasteiger partial charge on any atom is -0.480 e. The normalized spacial score (nSPS) is 10.6. The van der Waals surface area contributed by atoms with Gasteiger partial charge in [-0.1, -0.05) is 0 Å². The standard InChI is InChI=1S/4C10H16N2O8.Na/c4*13-7(14)3-11(4-8(15)16)1-2-12(5-9(17)18)6-10(19)20;/h4*1-6H2,(H,13,14)(H,15,16)(H,17,18)(H,19,20);. The van der Waals surface area contributed by atoms with Crippen molar-refractivity contribution in [3.05, 3.63) is 0 Å². The Morgan fingerprint density at radius 2 is 0.198 bits per heavy atom. The zero-order valence-corrected chi connectivity index (χ0v) is 45.2. The van der Waals surface area contributed by atoms with Gasteiger partial charge in [-0.15, -0.1) is 0 Å². The molecule has 0 aromatic carbocycles. The van der Waals surface area contributed by atoms with E-state index in [0.29, 0.717) is 0 Å². The van der Waals surface area contributed by atoms with Crippen LogP contribution in [-0.4, -0.2) is 403 Å². The molecule has 1 radical (unpaired) electrons. The minimum absolute atomic E-state index is 0. The molecule has 41 heteroatoms. The molecule has 0 unspecified atom stereocenters. The van der Waals surface area contributed by atoms with E-state index in [2.05, 4.69) is 0 Å². The molecule has 0 amide bonds. The molecule has 0 aromatic heterocycles. The second-order valence-corrected chi connectivity index (χ2v) is 16.0. The molecule has 0 spiro atoms. The molecule has 0 aliphatic rings. The minimum atomic E-state index is -1.23. The van der Waals surface area contributed by atoms with Crippen molar-refractivity contribution in [1.29, 1.82) is 0 Å². The molecule has 0 fully saturated rings. The Hall–Kier alpha value is -7.80. The van der Waals surface area contributed by atoms with E-state index in [9.17, 15) is 76.7 Å². The molecule has 40 nitrogen and oxygen atoms in total. The summed E-state index contributed by atoms with van der Waals surface area (Å²) in [5.74, 6) is -19.6. The monoisotopic (exact) mass is 1190 g/mol. The Morgan fingerprint density at radius 1 is 0.148 bits per heavy atom. The van der Waals surface area contributed by atoms with Crippen LogP contribution in [-0.2, 0) is 76.7 Å². The van der Waals surface area contributed by atoms with Crippen LogP contribution in [0, 0.1) is 0 Å². The quantitative estimate of drug-likeness (QED) is 0.0252. The van der Waals surface area contributed by atoms with Crippen molar-refractivity contribution in [2.75, 3.05) is 157 Å². The summed E-state index contributed by atoms with van der Waals surface area (Å²) < 4.78 is 0. The van der Waals surface area contributed by atoms with Crippen molar-refractivity contribution < 1.29 is 158 Å². The number of carboxylic acid groups (broad SMARTS) is 16. The van der Waals surface area contributed by atoms with Gasteiger partial charge in [-0.05, 0) is 0 Å². The molecule has 457 valence electrons. The van der Waals surface area contributed by atoms with Crippen molar-refractivity contribution in [1.82, 2.24) is 39.2 Å². The first kappa shape index (κ1) is 82.0. The Labute approximate surface area is 478 Å². The number of aliphatic carboxylic acids is 16. The molecule has 0 aliphatic carbocycles. The zero-order chi connectivity index (χ0) is 62.8. The molecule has 81 heavy (non-hydrogen) atoms. The Bertz CT molecular complexity index is 1560. The van der Waals surface area contributed by atoms with E-state index in [1.54, 1.807) is 0 Å². The van der Waals surface area contributed by atoms with Gasteiger partial charge < -0.3 is 81.7 Å². The summed E-state index contributed by atoms with van der Waals surface area (Å²) in [6.45, 7) is -9.00. The first-order valence-corrected chi connectivity index (χ1v) is 22.1. The predicted molar refractivity (Wildman–Crippen MR) is 259 cm³/mol. The summed E-state index contributed by atoms with van der Waals surface area (Å²) in [5, 5.41) is 138. The van der Waals surface area contributed by atoms with Crippen LogP contribution in [0.2, 0.25) is 0 Å². The fraction of sp³-hybridized carbons (Fsp3) is 0.600. The van der Waals surface area contributed by atoms with Crippen LogP contribution in [0.4, 0.5) is 0 Å². The molecule has 0 saturated heterocycles. The van der Waals surface area contributed by atoms with Crippen LogP contribution in [0.15, 0.2) is 0 Å². The zero-order valence-electron chi connectivity index (χ0n) is 43.2. The third-order valence-electron chi connectivity index (χ3n) is 8.67. The molecule has 0 aliphatic heterocycles. The van der Waals surface area contributed by atoms with Crippen molar-refractivity contribution in [2.45, 2.75) is 0 Å². The van der Waals surface area contributed by atoms with E-state index >= 15 is 0 Å². The van der Waals surface area contributed by atoms with Crippen molar-refractivity contribution >= 4 is 125 Å². The molecule has 0 atom stereocenters. The molecular weight excluding hydrogens is 1130 g/mol. The summed E-state index contributed by atoms with van der Waals surface area (Å²) in [6, 6.07) is 0. The molecule has 16 N–H and O–H groups in total. The predicted octanol–water partition coefficient (Wildman–Crippen LogP) is -8.67. The maximum Gasteiger partial charge on any atom is 0.317 e. The first-order chi connectivity index (χ1) is 36.8. The maximum absolute atomic E-state index is 10.6. The molecule has 0 rings (SSSR count). The van der Waals surface area contributed by atoms with Crippen LogP contribution in [0.25, 0.3) is 0 Å².